The molecule has 1 N–H and O–H groups in total. The predicted octanol–water partition coefficient (Wildman–Crippen LogP) is 6.85. The van der Waals surface area contributed by atoms with Gasteiger partial charge in [-0.25, -0.2) is 4.98 Å². The Morgan fingerprint density at radius 3 is 2.17 bits per heavy atom. The van der Waals surface area contributed by atoms with Gasteiger partial charge in [0.15, 0.2) is 11.5 Å². The van der Waals surface area contributed by atoms with Gasteiger partial charge in [0.2, 0.25) is 5.91 Å². The lowest BCUT2D eigenvalue weighted by Gasteiger charge is -2.31. The van der Waals surface area contributed by atoms with Gasteiger partial charge in [-0.15, -0.1) is 11.3 Å². The molecule has 0 aliphatic rings. The second-order valence-corrected chi connectivity index (χ2v) is 11.9. The minimum atomic E-state index is -1.02. The molecule has 5 rings (SSSR count). The molecule has 0 bridgehead atoms. The van der Waals surface area contributed by atoms with Gasteiger partial charge in [0.1, 0.15) is 16.8 Å². The first kappa shape index (κ1) is 33.0. The van der Waals surface area contributed by atoms with E-state index in [9.17, 15) is 9.59 Å². The molecule has 0 saturated heterocycles. The Labute approximate surface area is 279 Å². The molecule has 242 valence electrons. The number of carbonyl (C=O) groups is 2. The number of methoxy groups -OCH3 is 3. The van der Waals surface area contributed by atoms with Crippen molar-refractivity contribution in [3.05, 3.63) is 119 Å². The van der Waals surface area contributed by atoms with E-state index in [0.717, 1.165) is 28.3 Å². The number of hydrogen-bond donors (Lipinski definition) is 1. The van der Waals surface area contributed by atoms with E-state index in [0.29, 0.717) is 27.8 Å². The highest BCUT2D eigenvalue weighted by atomic mass is 32.1. The van der Waals surface area contributed by atoms with Crippen LogP contribution in [-0.2, 0) is 22.6 Å². The van der Waals surface area contributed by atoms with Crippen molar-refractivity contribution in [3.63, 3.8) is 0 Å². The standard InChI is InChI=1S/C37H38N4O5S/c1-40(2)29-16-14-28(15-17-29)38-37(43)36(27-13-20-32(45-4)33(22-27)46-5)41(35(42)21-25-9-7-6-8-10-25)23-34-39-31(24-47-34)26-11-18-30(44-3)19-12-26/h6-20,22,24,36H,21,23H2,1-5H3,(H,38,43). The number of amides is 2. The lowest BCUT2D eigenvalue weighted by Crippen LogP contribution is -2.41. The van der Waals surface area contributed by atoms with E-state index in [4.69, 9.17) is 19.2 Å². The lowest BCUT2D eigenvalue weighted by molar-refractivity contribution is -0.139. The molecule has 1 heterocycles. The Bertz CT molecular complexity index is 1790. The molecule has 1 aromatic heterocycles. The normalized spacial score (nSPS) is 11.3. The first-order chi connectivity index (χ1) is 22.8. The van der Waals surface area contributed by atoms with E-state index in [2.05, 4.69) is 5.32 Å². The minimum Gasteiger partial charge on any atom is -0.497 e. The number of carbonyl (C=O) groups excluding carboxylic acids is 2. The fourth-order valence-electron chi connectivity index (χ4n) is 5.17. The summed E-state index contributed by atoms with van der Waals surface area (Å²) in [4.78, 5) is 37.1. The second kappa shape index (κ2) is 15.3. The summed E-state index contributed by atoms with van der Waals surface area (Å²) in [5, 5.41) is 5.69. The first-order valence-corrected chi connectivity index (χ1v) is 15.9. The summed E-state index contributed by atoms with van der Waals surface area (Å²) in [6.07, 6.45) is 0.103. The van der Waals surface area contributed by atoms with Crippen molar-refractivity contribution < 1.29 is 23.8 Å². The molecule has 10 heteroatoms. The number of ether oxygens (including phenoxy) is 3. The smallest absolute Gasteiger partial charge is 0.251 e. The van der Waals surface area contributed by atoms with E-state index in [1.54, 1.807) is 37.3 Å². The fourth-order valence-corrected chi connectivity index (χ4v) is 5.97. The van der Waals surface area contributed by atoms with E-state index < -0.39 is 6.04 Å². The van der Waals surface area contributed by atoms with Crippen LogP contribution in [0.4, 0.5) is 11.4 Å². The number of hydrogen-bond acceptors (Lipinski definition) is 8. The molecule has 9 nitrogen and oxygen atoms in total. The van der Waals surface area contributed by atoms with Crippen LogP contribution in [0.25, 0.3) is 11.3 Å². The summed E-state index contributed by atoms with van der Waals surface area (Å²) < 4.78 is 16.4. The highest BCUT2D eigenvalue weighted by molar-refractivity contribution is 7.09. The van der Waals surface area contributed by atoms with Crippen LogP contribution in [0.5, 0.6) is 17.2 Å². The highest BCUT2D eigenvalue weighted by Gasteiger charge is 2.33. The van der Waals surface area contributed by atoms with Gasteiger partial charge in [-0.1, -0.05) is 36.4 Å². The molecule has 1 unspecified atom stereocenters. The van der Waals surface area contributed by atoms with E-state index in [1.165, 1.54) is 18.4 Å². The zero-order chi connectivity index (χ0) is 33.3. The molecule has 0 aliphatic heterocycles. The van der Waals surface area contributed by atoms with Gasteiger partial charge >= 0.3 is 0 Å². The Kier molecular flexibility index (Phi) is 10.7. The summed E-state index contributed by atoms with van der Waals surface area (Å²) >= 11 is 1.44. The predicted molar refractivity (Wildman–Crippen MR) is 186 cm³/mol. The third-order valence-electron chi connectivity index (χ3n) is 7.70. The van der Waals surface area contributed by atoms with Gasteiger partial charge in [0, 0.05) is 36.4 Å². The van der Waals surface area contributed by atoms with E-state index in [1.807, 2.05) is 103 Å². The molecule has 0 spiro atoms. The maximum Gasteiger partial charge on any atom is 0.251 e. The molecular formula is C37H38N4O5S. The minimum absolute atomic E-state index is 0.103. The van der Waals surface area contributed by atoms with Crippen molar-refractivity contribution in [2.24, 2.45) is 0 Å². The zero-order valence-electron chi connectivity index (χ0n) is 27.1. The maximum atomic E-state index is 14.3. The Hall–Kier alpha value is -5.35. The number of thiazole rings is 1. The summed E-state index contributed by atoms with van der Waals surface area (Å²) in [6, 6.07) is 28.9. The summed E-state index contributed by atoms with van der Waals surface area (Å²) in [6.45, 7) is 0.110. The third-order valence-corrected chi connectivity index (χ3v) is 8.53. The van der Waals surface area contributed by atoms with Crippen molar-refractivity contribution in [1.29, 1.82) is 0 Å². The van der Waals surface area contributed by atoms with Crippen molar-refractivity contribution >= 4 is 34.5 Å². The average molecular weight is 651 g/mol. The van der Waals surface area contributed by atoms with Crippen LogP contribution in [0.2, 0.25) is 0 Å². The summed E-state index contributed by atoms with van der Waals surface area (Å²) in [5.41, 5.74) is 4.71. The fraction of sp³-hybridized carbons (Fsp3) is 0.216. The van der Waals surface area contributed by atoms with Gasteiger partial charge in [0.25, 0.3) is 5.91 Å². The van der Waals surface area contributed by atoms with Crippen molar-refractivity contribution in [1.82, 2.24) is 9.88 Å². The molecule has 0 saturated carbocycles. The molecule has 0 radical (unpaired) electrons. The maximum absolute atomic E-state index is 14.3. The molecule has 2 amide bonds. The summed E-state index contributed by atoms with van der Waals surface area (Å²) in [5.74, 6) is 1.12. The second-order valence-electron chi connectivity index (χ2n) is 11.0. The van der Waals surface area contributed by atoms with Gasteiger partial charge in [-0.3, -0.25) is 9.59 Å². The highest BCUT2D eigenvalue weighted by Crippen LogP contribution is 2.35. The van der Waals surface area contributed by atoms with Crippen molar-refractivity contribution in [3.8, 4) is 28.5 Å². The van der Waals surface area contributed by atoms with E-state index >= 15 is 0 Å². The molecule has 1 atom stereocenters. The molecule has 47 heavy (non-hydrogen) atoms. The first-order valence-electron chi connectivity index (χ1n) is 15.0. The molecule has 5 aromatic rings. The van der Waals surface area contributed by atoms with Crippen LogP contribution in [0.3, 0.4) is 0 Å². The molecule has 4 aromatic carbocycles. The van der Waals surface area contributed by atoms with E-state index in [-0.39, 0.29) is 24.8 Å². The Morgan fingerprint density at radius 1 is 0.830 bits per heavy atom. The van der Waals surface area contributed by atoms with Gasteiger partial charge in [-0.2, -0.15) is 0 Å². The number of benzene rings is 4. The zero-order valence-corrected chi connectivity index (χ0v) is 27.9. The van der Waals surface area contributed by atoms with Gasteiger partial charge in [-0.05, 0) is 71.8 Å². The monoisotopic (exact) mass is 650 g/mol. The quantitative estimate of drug-likeness (QED) is 0.149. The SMILES string of the molecule is COc1ccc(-c2csc(CN(C(=O)Cc3ccccc3)C(C(=O)Nc3ccc(N(C)C)cc3)c3ccc(OC)c(OC)c3)n2)cc1. The topological polar surface area (TPSA) is 93.2 Å². The molecule has 0 aliphatic carbocycles. The van der Waals surface area contributed by atoms with Crippen LogP contribution >= 0.6 is 11.3 Å². The van der Waals surface area contributed by atoms with Crippen molar-refractivity contribution in [2.45, 2.75) is 19.0 Å². The van der Waals surface area contributed by atoms with Gasteiger partial charge < -0.3 is 29.3 Å². The van der Waals surface area contributed by atoms with Gasteiger partial charge in [0.05, 0.1) is 40.0 Å². The largest absolute Gasteiger partial charge is 0.497 e. The van der Waals surface area contributed by atoms with Crippen LogP contribution in [-0.4, -0.2) is 57.1 Å². The average Bonchev–Trinajstić information content (AvgIpc) is 3.57. The van der Waals surface area contributed by atoms with Crippen LogP contribution in [0.1, 0.15) is 22.2 Å². The number of aromatic nitrogens is 1. The number of nitrogens with zero attached hydrogens (tertiary/aromatic N) is 3. The number of rotatable bonds is 13. The number of nitrogens with one attached hydrogen (secondary N) is 1. The number of anilines is 2. The van der Waals surface area contributed by atoms with Crippen LogP contribution in [0, 0.1) is 0 Å². The van der Waals surface area contributed by atoms with Crippen LogP contribution in [0.15, 0.2) is 102 Å². The van der Waals surface area contributed by atoms with Crippen LogP contribution < -0.4 is 24.4 Å². The Morgan fingerprint density at radius 2 is 1.53 bits per heavy atom. The Balaban J connectivity index is 1.55. The lowest BCUT2D eigenvalue weighted by atomic mass is 10.0. The molecule has 0 fully saturated rings. The summed E-state index contributed by atoms with van der Waals surface area (Å²) in [7, 11) is 8.63. The molecular weight excluding hydrogens is 612 g/mol. The third kappa shape index (κ3) is 8.09. The van der Waals surface area contributed by atoms with Crippen molar-refractivity contribution in [2.75, 3.05) is 45.6 Å².